The van der Waals surface area contributed by atoms with E-state index in [0.717, 1.165) is 5.56 Å². The SMILES string of the molecule is Nc1csc(NN=Cc2cccc(OCc3ccc(C(=O)O)o3)c2)n1. The molecule has 8 nitrogen and oxygen atoms in total. The molecule has 0 aliphatic heterocycles. The lowest BCUT2D eigenvalue weighted by molar-refractivity contribution is 0.0658. The van der Waals surface area contributed by atoms with E-state index in [4.69, 9.17) is 20.0 Å². The number of anilines is 2. The molecule has 2 heterocycles. The zero-order valence-electron chi connectivity index (χ0n) is 12.9. The second-order valence-corrected chi connectivity index (χ2v) is 5.74. The second-order valence-electron chi connectivity index (χ2n) is 4.88. The topological polar surface area (TPSA) is 123 Å². The lowest BCUT2D eigenvalue weighted by Gasteiger charge is -2.04. The summed E-state index contributed by atoms with van der Waals surface area (Å²) in [7, 11) is 0. The average molecular weight is 358 g/mol. The number of rotatable bonds is 7. The molecule has 25 heavy (non-hydrogen) atoms. The number of carboxylic acid groups (broad SMARTS) is 1. The summed E-state index contributed by atoms with van der Waals surface area (Å²) < 4.78 is 10.7. The maximum absolute atomic E-state index is 10.8. The first-order chi connectivity index (χ1) is 12.1. The van der Waals surface area contributed by atoms with Crippen LogP contribution < -0.4 is 15.9 Å². The summed E-state index contributed by atoms with van der Waals surface area (Å²) in [5.41, 5.74) is 9.14. The van der Waals surface area contributed by atoms with Gasteiger partial charge < -0.3 is 20.0 Å². The maximum Gasteiger partial charge on any atom is 0.371 e. The van der Waals surface area contributed by atoms with Crippen molar-refractivity contribution in [3.05, 3.63) is 58.9 Å². The molecule has 0 atom stereocenters. The largest absolute Gasteiger partial charge is 0.486 e. The zero-order chi connectivity index (χ0) is 17.6. The Morgan fingerprint density at radius 2 is 2.32 bits per heavy atom. The number of hydrogen-bond donors (Lipinski definition) is 3. The van der Waals surface area contributed by atoms with Crippen molar-refractivity contribution in [2.24, 2.45) is 5.10 Å². The van der Waals surface area contributed by atoms with Crippen molar-refractivity contribution >= 4 is 34.5 Å². The van der Waals surface area contributed by atoms with E-state index in [1.807, 2.05) is 12.1 Å². The molecule has 0 amide bonds. The van der Waals surface area contributed by atoms with E-state index in [0.29, 0.717) is 22.5 Å². The monoisotopic (exact) mass is 358 g/mol. The highest BCUT2D eigenvalue weighted by molar-refractivity contribution is 7.14. The van der Waals surface area contributed by atoms with Crippen LogP contribution in [0, 0.1) is 0 Å². The first-order valence-corrected chi connectivity index (χ1v) is 8.03. The number of nitrogen functional groups attached to an aromatic ring is 1. The molecule has 0 aliphatic carbocycles. The van der Waals surface area contributed by atoms with Crippen LogP contribution in [0.15, 0.2) is 51.3 Å². The van der Waals surface area contributed by atoms with Gasteiger partial charge in [-0.25, -0.2) is 9.78 Å². The van der Waals surface area contributed by atoms with Gasteiger partial charge in [-0.2, -0.15) is 5.10 Å². The summed E-state index contributed by atoms with van der Waals surface area (Å²) in [4.78, 5) is 14.8. The number of carbonyl (C=O) groups is 1. The third-order valence-electron chi connectivity index (χ3n) is 3.01. The van der Waals surface area contributed by atoms with Gasteiger partial charge in [0.15, 0.2) is 0 Å². The molecule has 3 aromatic rings. The normalized spacial score (nSPS) is 10.9. The number of aromatic nitrogens is 1. The van der Waals surface area contributed by atoms with Crippen molar-refractivity contribution in [3.8, 4) is 5.75 Å². The van der Waals surface area contributed by atoms with Crippen LogP contribution in [0.1, 0.15) is 21.9 Å². The minimum Gasteiger partial charge on any atom is -0.486 e. The highest BCUT2D eigenvalue weighted by Crippen LogP contribution is 2.17. The number of nitrogens with two attached hydrogens (primary N) is 1. The fraction of sp³-hybridized carbons (Fsp3) is 0.0625. The number of ether oxygens (including phenoxy) is 1. The van der Waals surface area contributed by atoms with Crippen LogP contribution in [-0.2, 0) is 6.61 Å². The number of nitrogens with zero attached hydrogens (tertiary/aromatic N) is 2. The average Bonchev–Trinajstić information content (AvgIpc) is 3.23. The van der Waals surface area contributed by atoms with Gasteiger partial charge in [-0.1, -0.05) is 12.1 Å². The van der Waals surface area contributed by atoms with Gasteiger partial charge in [-0.3, -0.25) is 5.43 Å². The summed E-state index contributed by atoms with van der Waals surface area (Å²) >= 11 is 1.36. The van der Waals surface area contributed by atoms with Gasteiger partial charge in [0.05, 0.1) is 6.21 Å². The first-order valence-electron chi connectivity index (χ1n) is 7.15. The van der Waals surface area contributed by atoms with Crippen LogP contribution in [0.5, 0.6) is 5.75 Å². The van der Waals surface area contributed by atoms with E-state index in [9.17, 15) is 4.79 Å². The van der Waals surface area contributed by atoms with E-state index in [2.05, 4.69) is 15.5 Å². The third kappa shape index (κ3) is 4.58. The standard InChI is InChI=1S/C16H14N4O4S/c17-14-9-25-16(19-14)20-18-7-10-2-1-3-11(6-10)23-8-12-4-5-13(24-12)15(21)22/h1-7,9H,8,17H2,(H,19,20)(H,21,22). The van der Waals surface area contributed by atoms with Crippen molar-refractivity contribution < 1.29 is 19.1 Å². The Balaban J connectivity index is 1.57. The molecule has 0 fully saturated rings. The summed E-state index contributed by atoms with van der Waals surface area (Å²) in [5, 5.41) is 15.2. The minimum atomic E-state index is -1.11. The maximum atomic E-state index is 10.8. The smallest absolute Gasteiger partial charge is 0.371 e. The molecule has 0 spiro atoms. The van der Waals surface area contributed by atoms with Crippen LogP contribution in [0.4, 0.5) is 10.9 Å². The predicted molar refractivity (Wildman–Crippen MR) is 94.2 cm³/mol. The molecule has 0 unspecified atom stereocenters. The van der Waals surface area contributed by atoms with E-state index < -0.39 is 5.97 Å². The van der Waals surface area contributed by atoms with Gasteiger partial charge in [-0.15, -0.1) is 11.3 Å². The highest BCUT2D eigenvalue weighted by atomic mass is 32.1. The molecule has 0 saturated carbocycles. The Hall–Kier alpha value is -3.33. The second kappa shape index (κ2) is 7.49. The molecule has 0 bridgehead atoms. The van der Waals surface area contributed by atoms with E-state index in [-0.39, 0.29) is 12.4 Å². The fourth-order valence-corrected chi connectivity index (χ4v) is 2.46. The number of carboxylic acids is 1. The van der Waals surface area contributed by atoms with Crippen molar-refractivity contribution in [1.82, 2.24) is 4.98 Å². The molecule has 9 heteroatoms. The quantitative estimate of drug-likeness (QED) is 0.438. The molecular formula is C16H14N4O4S. The molecule has 4 N–H and O–H groups in total. The molecule has 0 aliphatic rings. The number of aromatic carboxylic acids is 1. The predicted octanol–water partition coefficient (Wildman–Crippen LogP) is 3.04. The van der Waals surface area contributed by atoms with E-state index in [1.54, 1.807) is 29.8 Å². The number of benzene rings is 1. The fourth-order valence-electron chi connectivity index (χ4n) is 1.91. The van der Waals surface area contributed by atoms with Crippen LogP contribution in [0.2, 0.25) is 0 Å². The van der Waals surface area contributed by atoms with Crippen LogP contribution >= 0.6 is 11.3 Å². The molecule has 1 aromatic carbocycles. The van der Waals surface area contributed by atoms with Crippen LogP contribution in [0.3, 0.4) is 0 Å². The van der Waals surface area contributed by atoms with Gasteiger partial charge in [-0.05, 0) is 29.8 Å². The van der Waals surface area contributed by atoms with E-state index >= 15 is 0 Å². The molecule has 0 radical (unpaired) electrons. The molecule has 3 rings (SSSR count). The Morgan fingerprint density at radius 1 is 1.44 bits per heavy atom. The lowest BCUT2D eigenvalue weighted by atomic mass is 10.2. The Bertz CT molecular complexity index is 903. The number of thiazole rings is 1. The molecule has 128 valence electrons. The van der Waals surface area contributed by atoms with Crippen LogP contribution in [0.25, 0.3) is 0 Å². The first kappa shape index (κ1) is 16.5. The molecular weight excluding hydrogens is 344 g/mol. The van der Waals surface area contributed by atoms with Crippen molar-refractivity contribution in [1.29, 1.82) is 0 Å². The van der Waals surface area contributed by atoms with Gasteiger partial charge in [0.2, 0.25) is 10.9 Å². The van der Waals surface area contributed by atoms with Crippen molar-refractivity contribution in [3.63, 3.8) is 0 Å². The summed E-state index contributed by atoms with van der Waals surface area (Å²) in [6.45, 7) is 0.129. The zero-order valence-corrected chi connectivity index (χ0v) is 13.7. The summed E-state index contributed by atoms with van der Waals surface area (Å²) in [6, 6.07) is 10.2. The summed E-state index contributed by atoms with van der Waals surface area (Å²) in [6.07, 6.45) is 1.62. The van der Waals surface area contributed by atoms with Crippen molar-refractivity contribution in [2.75, 3.05) is 11.2 Å². The third-order valence-corrected chi connectivity index (χ3v) is 3.77. The van der Waals surface area contributed by atoms with Crippen LogP contribution in [-0.4, -0.2) is 22.3 Å². The van der Waals surface area contributed by atoms with E-state index in [1.165, 1.54) is 17.4 Å². The number of hydrogen-bond acceptors (Lipinski definition) is 8. The van der Waals surface area contributed by atoms with Gasteiger partial charge in [0.1, 0.15) is 23.9 Å². The van der Waals surface area contributed by atoms with Gasteiger partial charge >= 0.3 is 5.97 Å². The minimum absolute atomic E-state index is 0.117. The van der Waals surface area contributed by atoms with Crippen molar-refractivity contribution in [2.45, 2.75) is 6.61 Å². The summed E-state index contributed by atoms with van der Waals surface area (Å²) in [5.74, 6) is 0.254. The Kier molecular flexibility index (Phi) is 4.95. The Morgan fingerprint density at radius 3 is 3.04 bits per heavy atom. The highest BCUT2D eigenvalue weighted by Gasteiger charge is 2.09. The molecule has 2 aromatic heterocycles. The number of hydrazone groups is 1. The molecule has 0 saturated heterocycles. The number of furan rings is 1. The number of nitrogens with one attached hydrogen (secondary N) is 1. The Labute approximate surface area is 146 Å². The van der Waals surface area contributed by atoms with Gasteiger partial charge in [0.25, 0.3) is 0 Å². The lowest BCUT2D eigenvalue weighted by Crippen LogP contribution is -1.96. The van der Waals surface area contributed by atoms with Gasteiger partial charge in [0, 0.05) is 5.38 Å².